The quantitative estimate of drug-likeness (QED) is 0.603. The minimum Gasteiger partial charge on any atom is -0.377 e. The molecule has 1 aromatic rings. The molecular weight excluding hydrogens is 373 g/mol. The van der Waals surface area contributed by atoms with Crippen LogP contribution in [0.25, 0.3) is 0 Å². The van der Waals surface area contributed by atoms with E-state index < -0.39 is 0 Å². The van der Waals surface area contributed by atoms with Gasteiger partial charge in [0, 0.05) is 40.6 Å². The van der Waals surface area contributed by atoms with Gasteiger partial charge >= 0.3 is 0 Å². The van der Waals surface area contributed by atoms with Crippen LogP contribution >= 0.6 is 15.9 Å². The van der Waals surface area contributed by atoms with Crippen LogP contribution in [0.2, 0.25) is 0 Å². The summed E-state index contributed by atoms with van der Waals surface area (Å²) in [6, 6.07) is 5.41. The van der Waals surface area contributed by atoms with Crippen LogP contribution < -0.4 is 10.6 Å². The summed E-state index contributed by atoms with van der Waals surface area (Å²) in [5.74, 6) is 1.04. The number of halogens is 2. The Bertz CT molecular complexity index is 635. The van der Waals surface area contributed by atoms with Crippen molar-refractivity contribution in [3.8, 4) is 0 Å². The Kier molecular flexibility index (Phi) is 5.16. The fourth-order valence-corrected chi connectivity index (χ4v) is 4.23. The van der Waals surface area contributed by atoms with Crippen LogP contribution in [0.1, 0.15) is 32.8 Å². The molecule has 24 heavy (non-hydrogen) atoms. The van der Waals surface area contributed by atoms with Crippen molar-refractivity contribution in [1.82, 2.24) is 10.6 Å². The van der Waals surface area contributed by atoms with Crippen molar-refractivity contribution in [3.05, 3.63) is 34.1 Å². The maximum Gasteiger partial charge on any atom is 0.191 e. The fourth-order valence-electron chi connectivity index (χ4n) is 3.90. The number of benzene rings is 1. The Morgan fingerprint density at radius 2 is 2.25 bits per heavy atom. The first kappa shape index (κ1) is 17.7. The summed E-state index contributed by atoms with van der Waals surface area (Å²) < 4.78 is 20.5. The number of rotatable bonds is 4. The molecule has 2 aliphatic rings. The van der Waals surface area contributed by atoms with E-state index in [9.17, 15) is 4.39 Å². The first-order valence-electron chi connectivity index (χ1n) is 8.54. The van der Waals surface area contributed by atoms with E-state index in [0.717, 1.165) is 30.0 Å². The van der Waals surface area contributed by atoms with Gasteiger partial charge in [0.2, 0.25) is 0 Å². The van der Waals surface area contributed by atoms with Crippen LogP contribution in [0.3, 0.4) is 0 Å². The third-order valence-electron chi connectivity index (χ3n) is 5.16. The molecule has 0 spiro atoms. The number of guanidine groups is 1. The summed E-state index contributed by atoms with van der Waals surface area (Å²) in [5.41, 5.74) is 0.672. The lowest BCUT2D eigenvalue weighted by Gasteiger charge is -2.54. The van der Waals surface area contributed by atoms with Gasteiger partial charge in [-0.05, 0) is 25.5 Å². The SMILES string of the molecule is CCNC(=NCc1ccc(Br)cc1F)NC1C2CCOC2C1(C)C. The van der Waals surface area contributed by atoms with Gasteiger partial charge in [0.25, 0.3) is 0 Å². The molecule has 1 saturated carbocycles. The largest absolute Gasteiger partial charge is 0.377 e. The molecule has 3 atom stereocenters. The van der Waals surface area contributed by atoms with Gasteiger partial charge in [0.1, 0.15) is 5.82 Å². The summed E-state index contributed by atoms with van der Waals surface area (Å²) in [5, 5.41) is 6.81. The Labute approximate surface area is 151 Å². The maximum absolute atomic E-state index is 14.0. The summed E-state index contributed by atoms with van der Waals surface area (Å²) in [7, 11) is 0. The molecule has 0 amide bonds. The second-order valence-electron chi connectivity index (χ2n) is 7.12. The summed E-state index contributed by atoms with van der Waals surface area (Å²) >= 11 is 3.28. The Hall–Kier alpha value is -1.14. The van der Waals surface area contributed by atoms with Gasteiger partial charge in [-0.3, -0.25) is 0 Å². The lowest BCUT2D eigenvalue weighted by Crippen LogP contribution is -2.67. The van der Waals surface area contributed by atoms with E-state index in [1.807, 2.05) is 13.0 Å². The minimum absolute atomic E-state index is 0.0836. The highest BCUT2D eigenvalue weighted by atomic mass is 79.9. The Balaban J connectivity index is 1.70. The van der Waals surface area contributed by atoms with Crippen LogP contribution in [0.5, 0.6) is 0 Å². The van der Waals surface area contributed by atoms with Crippen molar-refractivity contribution >= 4 is 21.9 Å². The van der Waals surface area contributed by atoms with Gasteiger partial charge in [-0.1, -0.05) is 35.8 Å². The molecule has 1 aromatic carbocycles. The Morgan fingerprint density at radius 1 is 1.46 bits per heavy atom. The number of fused-ring (bicyclic) bond motifs is 1. The highest BCUT2D eigenvalue weighted by molar-refractivity contribution is 9.10. The molecule has 6 heteroatoms. The number of ether oxygens (including phenoxy) is 1. The van der Waals surface area contributed by atoms with Crippen LogP contribution in [0.4, 0.5) is 4.39 Å². The van der Waals surface area contributed by atoms with E-state index in [1.165, 1.54) is 6.07 Å². The van der Waals surface area contributed by atoms with E-state index in [1.54, 1.807) is 6.07 Å². The van der Waals surface area contributed by atoms with Gasteiger partial charge in [0.05, 0.1) is 12.6 Å². The Morgan fingerprint density at radius 3 is 2.96 bits per heavy atom. The van der Waals surface area contributed by atoms with Crippen molar-refractivity contribution in [3.63, 3.8) is 0 Å². The van der Waals surface area contributed by atoms with E-state index in [0.29, 0.717) is 30.2 Å². The molecule has 0 radical (unpaired) electrons. The fraction of sp³-hybridized carbons (Fsp3) is 0.611. The predicted molar refractivity (Wildman–Crippen MR) is 97.5 cm³/mol. The first-order chi connectivity index (χ1) is 11.4. The first-order valence-corrected chi connectivity index (χ1v) is 9.33. The molecule has 132 valence electrons. The van der Waals surface area contributed by atoms with Gasteiger partial charge < -0.3 is 15.4 Å². The molecule has 3 rings (SSSR count). The number of aliphatic imine (C=N–C) groups is 1. The topological polar surface area (TPSA) is 45.7 Å². The molecule has 0 bridgehead atoms. The van der Waals surface area contributed by atoms with E-state index >= 15 is 0 Å². The second kappa shape index (κ2) is 7.00. The zero-order valence-corrected chi connectivity index (χ0v) is 16.0. The summed E-state index contributed by atoms with van der Waals surface area (Å²) in [6.07, 6.45) is 1.42. The van der Waals surface area contributed by atoms with E-state index in [4.69, 9.17) is 4.74 Å². The van der Waals surface area contributed by atoms with E-state index in [2.05, 4.69) is 45.4 Å². The van der Waals surface area contributed by atoms with Crippen molar-refractivity contribution in [2.75, 3.05) is 13.2 Å². The van der Waals surface area contributed by atoms with Crippen molar-refractivity contribution < 1.29 is 9.13 Å². The molecule has 1 aliphatic carbocycles. The zero-order chi connectivity index (χ0) is 17.3. The smallest absolute Gasteiger partial charge is 0.191 e. The number of hydrogen-bond acceptors (Lipinski definition) is 2. The van der Waals surface area contributed by atoms with Gasteiger partial charge in [-0.15, -0.1) is 0 Å². The van der Waals surface area contributed by atoms with Crippen LogP contribution in [0.15, 0.2) is 27.7 Å². The standard InChI is InChI=1S/C18H25BrFN3O/c1-4-21-17(22-10-11-5-6-12(19)9-14(11)20)23-15-13-7-8-24-16(13)18(15,2)3/h5-6,9,13,15-16H,4,7-8,10H2,1-3H3,(H2,21,22,23). The minimum atomic E-state index is -0.239. The third-order valence-corrected chi connectivity index (χ3v) is 5.65. The number of nitrogens with one attached hydrogen (secondary N) is 2. The van der Waals surface area contributed by atoms with Gasteiger partial charge in [-0.2, -0.15) is 0 Å². The molecule has 0 aromatic heterocycles. The van der Waals surface area contributed by atoms with E-state index in [-0.39, 0.29) is 11.2 Å². The average molecular weight is 398 g/mol. The highest BCUT2D eigenvalue weighted by Gasteiger charge is 2.59. The molecule has 4 nitrogen and oxygen atoms in total. The molecule has 2 fully saturated rings. The van der Waals surface area contributed by atoms with Crippen LogP contribution in [0, 0.1) is 17.2 Å². The van der Waals surface area contributed by atoms with Crippen LogP contribution in [-0.4, -0.2) is 31.3 Å². The monoisotopic (exact) mass is 397 g/mol. The molecular formula is C18H25BrFN3O. The van der Waals surface area contributed by atoms with Crippen molar-refractivity contribution in [2.24, 2.45) is 16.3 Å². The third kappa shape index (κ3) is 3.31. The van der Waals surface area contributed by atoms with Crippen molar-refractivity contribution in [2.45, 2.75) is 45.9 Å². The van der Waals surface area contributed by atoms with Crippen LogP contribution in [-0.2, 0) is 11.3 Å². The molecule has 1 aliphatic heterocycles. The molecule has 1 heterocycles. The zero-order valence-electron chi connectivity index (χ0n) is 14.4. The maximum atomic E-state index is 14.0. The second-order valence-corrected chi connectivity index (χ2v) is 8.03. The molecule has 1 saturated heterocycles. The highest BCUT2D eigenvalue weighted by Crippen LogP contribution is 2.52. The summed E-state index contributed by atoms with van der Waals surface area (Å²) in [6.45, 7) is 8.42. The number of nitrogens with zero attached hydrogens (tertiary/aromatic N) is 1. The molecule has 3 unspecified atom stereocenters. The average Bonchev–Trinajstić information content (AvgIpc) is 2.98. The predicted octanol–water partition coefficient (Wildman–Crippen LogP) is 3.46. The lowest BCUT2D eigenvalue weighted by molar-refractivity contribution is -0.106. The van der Waals surface area contributed by atoms with Gasteiger partial charge in [-0.25, -0.2) is 9.38 Å². The number of hydrogen-bond donors (Lipinski definition) is 2. The lowest BCUT2D eigenvalue weighted by atomic mass is 9.57. The van der Waals surface area contributed by atoms with Crippen molar-refractivity contribution in [1.29, 1.82) is 0 Å². The van der Waals surface area contributed by atoms with Gasteiger partial charge in [0.15, 0.2) is 5.96 Å². The normalized spacial score (nSPS) is 28.2. The molecule has 2 N–H and O–H groups in total. The summed E-state index contributed by atoms with van der Waals surface area (Å²) in [4.78, 5) is 4.57.